The number of hydrogen-bond donors (Lipinski definition) is 1. The smallest absolute Gasteiger partial charge is 0.352 e. The number of amides is 1. The van der Waals surface area contributed by atoms with E-state index in [2.05, 4.69) is 10.4 Å². The van der Waals surface area contributed by atoms with Crippen LogP contribution in [0.4, 0.5) is 0 Å². The predicted octanol–water partition coefficient (Wildman–Crippen LogP) is 3.31. The Morgan fingerprint density at radius 2 is 1.91 bits per heavy atom. The molecular formula is C24H26ClN5O3. The molecule has 172 valence electrons. The molecule has 1 amide bonds. The predicted molar refractivity (Wildman–Crippen MR) is 129 cm³/mol. The summed E-state index contributed by atoms with van der Waals surface area (Å²) in [6.45, 7) is 7.07. The van der Waals surface area contributed by atoms with Crippen LogP contribution in [0.5, 0.6) is 0 Å². The third kappa shape index (κ3) is 4.30. The summed E-state index contributed by atoms with van der Waals surface area (Å²) >= 11 is 6.28. The first kappa shape index (κ1) is 22.8. The third-order valence-electron chi connectivity index (χ3n) is 5.44. The van der Waals surface area contributed by atoms with Gasteiger partial charge >= 0.3 is 5.69 Å². The van der Waals surface area contributed by atoms with Crippen molar-refractivity contribution in [3.63, 3.8) is 0 Å². The molecule has 33 heavy (non-hydrogen) atoms. The van der Waals surface area contributed by atoms with Gasteiger partial charge in [0, 0.05) is 23.7 Å². The van der Waals surface area contributed by atoms with Crippen LogP contribution in [0.1, 0.15) is 43.1 Å². The molecule has 0 unspecified atom stereocenters. The molecule has 4 aromatic rings. The van der Waals surface area contributed by atoms with Crippen molar-refractivity contribution in [1.29, 1.82) is 0 Å². The molecule has 0 spiro atoms. The van der Waals surface area contributed by atoms with Crippen LogP contribution in [0.2, 0.25) is 5.02 Å². The fourth-order valence-electron chi connectivity index (χ4n) is 3.77. The van der Waals surface area contributed by atoms with Crippen LogP contribution in [-0.2, 0) is 13.1 Å². The highest BCUT2D eigenvalue weighted by atomic mass is 35.5. The second kappa shape index (κ2) is 9.23. The molecule has 4 rings (SSSR count). The van der Waals surface area contributed by atoms with Crippen molar-refractivity contribution in [2.45, 2.75) is 40.3 Å². The molecular weight excluding hydrogens is 442 g/mol. The molecule has 9 heteroatoms. The first-order valence-electron chi connectivity index (χ1n) is 11.0. The molecule has 0 fully saturated rings. The van der Waals surface area contributed by atoms with Gasteiger partial charge in [-0.25, -0.2) is 13.9 Å². The SMILES string of the molecule is CCCn1c(=O)c2ccc(C(=O)NCC(C)C)cc2n2c(=O)n(Cc3ccccc3Cl)nc12. The summed E-state index contributed by atoms with van der Waals surface area (Å²) in [5, 5.41) is 8.24. The lowest BCUT2D eigenvalue weighted by atomic mass is 10.1. The highest BCUT2D eigenvalue weighted by Crippen LogP contribution is 2.17. The zero-order valence-electron chi connectivity index (χ0n) is 18.8. The number of halogens is 1. The zero-order chi connectivity index (χ0) is 23.7. The summed E-state index contributed by atoms with van der Waals surface area (Å²) < 4.78 is 4.21. The minimum absolute atomic E-state index is 0.163. The van der Waals surface area contributed by atoms with E-state index in [4.69, 9.17) is 11.6 Å². The van der Waals surface area contributed by atoms with E-state index in [0.717, 1.165) is 5.56 Å². The fourth-order valence-corrected chi connectivity index (χ4v) is 3.97. The molecule has 8 nitrogen and oxygen atoms in total. The standard InChI is InChI=1S/C24H26ClN5O3/c1-4-11-28-22(32)18-10-9-16(21(31)26-13-15(2)3)12-20(18)30-23(28)27-29(24(30)33)14-17-7-5-6-8-19(17)25/h5-10,12,15H,4,11,13-14H2,1-3H3,(H,26,31). The Balaban J connectivity index is 1.94. The average molecular weight is 468 g/mol. The van der Waals surface area contributed by atoms with Gasteiger partial charge in [0.1, 0.15) is 0 Å². The van der Waals surface area contributed by atoms with Crippen LogP contribution >= 0.6 is 11.6 Å². The van der Waals surface area contributed by atoms with E-state index < -0.39 is 5.69 Å². The Morgan fingerprint density at radius 1 is 1.15 bits per heavy atom. The van der Waals surface area contributed by atoms with Crippen LogP contribution in [0.15, 0.2) is 52.1 Å². The van der Waals surface area contributed by atoms with Gasteiger partial charge in [-0.05, 0) is 42.2 Å². The number of aromatic nitrogens is 4. The maximum atomic E-state index is 13.4. The molecule has 0 saturated heterocycles. The fraction of sp³-hybridized carbons (Fsp3) is 0.333. The van der Waals surface area contributed by atoms with Gasteiger partial charge in [-0.1, -0.05) is 50.6 Å². The van der Waals surface area contributed by atoms with Gasteiger partial charge < -0.3 is 5.32 Å². The third-order valence-corrected chi connectivity index (χ3v) is 5.80. The van der Waals surface area contributed by atoms with Gasteiger partial charge in [-0.3, -0.25) is 14.2 Å². The van der Waals surface area contributed by atoms with E-state index in [9.17, 15) is 14.4 Å². The lowest BCUT2D eigenvalue weighted by Gasteiger charge is -2.11. The van der Waals surface area contributed by atoms with Crippen molar-refractivity contribution < 1.29 is 4.79 Å². The van der Waals surface area contributed by atoms with E-state index in [1.807, 2.05) is 39.0 Å². The van der Waals surface area contributed by atoms with Gasteiger partial charge in [0.25, 0.3) is 11.5 Å². The number of rotatable bonds is 7. The number of nitrogens with one attached hydrogen (secondary N) is 1. The van der Waals surface area contributed by atoms with E-state index in [1.165, 1.54) is 13.6 Å². The highest BCUT2D eigenvalue weighted by Gasteiger charge is 2.19. The number of benzene rings is 2. The Morgan fingerprint density at radius 3 is 2.61 bits per heavy atom. The summed E-state index contributed by atoms with van der Waals surface area (Å²) in [5.41, 5.74) is 0.827. The molecule has 0 bridgehead atoms. The van der Waals surface area contributed by atoms with Crippen molar-refractivity contribution in [1.82, 2.24) is 24.1 Å². The molecule has 1 N–H and O–H groups in total. The van der Waals surface area contributed by atoms with Gasteiger partial charge in [-0.15, -0.1) is 5.10 Å². The maximum absolute atomic E-state index is 13.4. The number of nitrogens with zero attached hydrogens (tertiary/aromatic N) is 4. The quantitative estimate of drug-likeness (QED) is 0.451. The van der Waals surface area contributed by atoms with Gasteiger partial charge in [0.15, 0.2) is 0 Å². The Bertz CT molecular complexity index is 1460. The number of fused-ring (bicyclic) bond motifs is 3. The van der Waals surface area contributed by atoms with E-state index in [1.54, 1.807) is 24.3 Å². The van der Waals surface area contributed by atoms with Crippen LogP contribution < -0.4 is 16.6 Å². The van der Waals surface area contributed by atoms with Gasteiger partial charge in [0.05, 0.1) is 17.4 Å². The number of aryl methyl sites for hydroxylation is 1. The second-order valence-corrected chi connectivity index (χ2v) is 8.87. The molecule has 0 radical (unpaired) electrons. The lowest BCUT2D eigenvalue weighted by molar-refractivity contribution is 0.0949. The van der Waals surface area contributed by atoms with Crippen LogP contribution in [0, 0.1) is 5.92 Å². The summed E-state index contributed by atoms with van der Waals surface area (Å²) in [7, 11) is 0. The first-order valence-corrected chi connectivity index (χ1v) is 11.4. The highest BCUT2D eigenvalue weighted by molar-refractivity contribution is 6.31. The van der Waals surface area contributed by atoms with E-state index in [0.29, 0.717) is 46.9 Å². The number of carbonyl (C=O) groups excluding carboxylic acids is 1. The van der Waals surface area contributed by atoms with Crippen LogP contribution in [-0.4, -0.2) is 31.2 Å². The minimum Gasteiger partial charge on any atom is -0.352 e. The summed E-state index contributed by atoms with van der Waals surface area (Å²) in [4.78, 5) is 39.3. The van der Waals surface area contributed by atoms with Gasteiger partial charge in [0.2, 0.25) is 5.78 Å². The summed E-state index contributed by atoms with van der Waals surface area (Å²) in [5.74, 6) is 0.284. The van der Waals surface area contributed by atoms with Crippen LogP contribution in [0.3, 0.4) is 0 Å². The maximum Gasteiger partial charge on any atom is 0.352 e. The molecule has 0 aliphatic rings. The summed E-state index contributed by atoms with van der Waals surface area (Å²) in [6, 6.07) is 12.0. The van der Waals surface area contributed by atoms with Crippen molar-refractivity contribution in [2.75, 3.05) is 6.54 Å². The van der Waals surface area contributed by atoms with Crippen molar-refractivity contribution in [2.24, 2.45) is 5.92 Å². The number of carbonyl (C=O) groups is 1. The topological polar surface area (TPSA) is 90.4 Å². The molecule has 0 aliphatic carbocycles. The zero-order valence-corrected chi connectivity index (χ0v) is 19.6. The monoisotopic (exact) mass is 467 g/mol. The normalized spacial score (nSPS) is 11.5. The van der Waals surface area contributed by atoms with Crippen molar-refractivity contribution in [3.8, 4) is 0 Å². The molecule has 0 saturated carbocycles. The minimum atomic E-state index is -0.403. The Kier molecular flexibility index (Phi) is 6.37. The van der Waals surface area contributed by atoms with Crippen molar-refractivity contribution in [3.05, 3.63) is 79.5 Å². The summed E-state index contributed by atoms with van der Waals surface area (Å²) in [6.07, 6.45) is 0.697. The Labute approximate surface area is 195 Å². The largest absolute Gasteiger partial charge is 0.352 e. The molecule has 0 aliphatic heterocycles. The van der Waals surface area contributed by atoms with E-state index >= 15 is 0 Å². The molecule has 2 aromatic heterocycles. The second-order valence-electron chi connectivity index (χ2n) is 8.46. The number of hydrogen-bond acceptors (Lipinski definition) is 4. The molecule has 2 aromatic carbocycles. The molecule has 2 heterocycles. The average Bonchev–Trinajstić information content (AvgIpc) is 3.12. The van der Waals surface area contributed by atoms with E-state index in [-0.39, 0.29) is 23.8 Å². The van der Waals surface area contributed by atoms with Crippen molar-refractivity contribution >= 4 is 34.2 Å². The lowest BCUT2D eigenvalue weighted by Crippen LogP contribution is -2.29. The Hall–Kier alpha value is -3.39. The first-order chi connectivity index (χ1) is 15.8. The van der Waals surface area contributed by atoms with Crippen LogP contribution in [0.25, 0.3) is 16.7 Å². The molecule has 0 atom stereocenters. The van der Waals surface area contributed by atoms with Gasteiger partial charge in [-0.2, -0.15) is 0 Å².